The van der Waals surface area contributed by atoms with Gasteiger partial charge in [-0.15, -0.1) is 0 Å². The van der Waals surface area contributed by atoms with Gasteiger partial charge in [0.05, 0.1) is 0 Å². The monoisotopic (exact) mass is 248 g/mol. The molecule has 1 aliphatic carbocycles. The molecule has 0 saturated heterocycles. The minimum atomic E-state index is 0.481. The molecule has 0 spiro atoms. The van der Waals surface area contributed by atoms with Crippen LogP contribution in [-0.4, -0.2) is 22.5 Å². The lowest BCUT2D eigenvalue weighted by Crippen LogP contribution is -2.17. The molecule has 4 heteroatoms. The Labute approximate surface area is 105 Å². The van der Waals surface area contributed by atoms with Crippen LogP contribution in [0.4, 0.5) is 5.69 Å². The molecule has 0 atom stereocenters. The molecule has 3 nitrogen and oxygen atoms in total. The van der Waals surface area contributed by atoms with E-state index in [0.717, 1.165) is 29.2 Å². The van der Waals surface area contributed by atoms with Gasteiger partial charge in [-0.1, -0.05) is 0 Å². The van der Waals surface area contributed by atoms with Crippen LogP contribution in [0.25, 0.3) is 11.1 Å². The fraction of sp³-hybridized carbons (Fsp3) is 0.462. The third kappa shape index (κ3) is 2.14. The van der Waals surface area contributed by atoms with Crippen molar-refractivity contribution < 1.29 is 4.42 Å². The zero-order valence-electron chi connectivity index (χ0n) is 10.1. The zero-order valence-corrected chi connectivity index (χ0v) is 10.9. The number of fused-ring (bicyclic) bond motifs is 1. The fourth-order valence-corrected chi connectivity index (χ4v) is 2.74. The summed E-state index contributed by atoms with van der Waals surface area (Å²) in [5.74, 6) is 0.722. The summed E-state index contributed by atoms with van der Waals surface area (Å²) in [5, 5.41) is 3.50. The van der Waals surface area contributed by atoms with Gasteiger partial charge in [-0.05, 0) is 37.3 Å². The number of nitrogens with one attached hydrogen (secondary N) is 1. The second kappa shape index (κ2) is 3.95. The van der Waals surface area contributed by atoms with Crippen LogP contribution >= 0.6 is 11.8 Å². The number of hydrogen-bond donors (Lipinski definition) is 1. The second-order valence-electron chi connectivity index (χ2n) is 4.66. The highest BCUT2D eigenvalue weighted by Gasteiger charge is 2.41. The summed E-state index contributed by atoms with van der Waals surface area (Å²) in [4.78, 5) is 4.34. The van der Waals surface area contributed by atoms with Crippen LogP contribution in [0.1, 0.15) is 18.7 Å². The standard InChI is InChI=1S/C13H16N2OS/c1-9-15-11-7-10(3-4-12(11)16-9)14-8-13(17-2)5-6-13/h3-4,7,14H,5-6,8H2,1-2H3. The summed E-state index contributed by atoms with van der Waals surface area (Å²) in [7, 11) is 0. The number of aromatic nitrogens is 1. The number of hydrogen-bond acceptors (Lipinski definition) is 4. The molecular weight excluding hydrogens is 232 g/mol. The Hall–Kier alpha value is -1.16. The van der Waals surface area contributed by atoms with E-state index in [9.17, 15) is 0 Å². The SMILES string of the molecule is CSC1(CNc2ccc3oc(C)nc3c2)CC1. The Balaban J connectivity index is 1.76. The maximum Gasteiger partial charge on any atom is 0.192 e. The molecule has 1 aromatic heterocycles. The lowest BCUT2D eigenvalue weighted by Gasteiger charge is -2.13. The first-order chi connectivity index (χ1) is 8.21. The summed E-state index contributed by atoms with van der Waals surface area (Å²) in [6, 6.07) is 6.10. The Bertz CT molecular complexity index is 545. The van der Waals surface area contributed by atoms with Gasteiger partial charge in [-0.25, -0.2) is 4.98 Å². The Morgan fingerprint density at radius 2 is 2.29 bits per heavy atom. The van der Waals surface area contributed by atoms with Crippen molar-refractivity contribution in [1.29, 1.82) is 0 Å². The van der Waals surface area contributed by atoms with E-state index in [4.69, 9.17) is 4.42 Å². The fourth-order valence-electron chi connectivity index (χ4n) is 2.01. The maximum atomic E-state index is 5.46. The predicted molar refractivity (Wildman–Crippen MR) is 72.7 cm³/mol. The normalized spacial score (nSPS) is 17.3. The zero-order chi connectivity index (χ0) is 11.9. The third-order valence-electron chi connectivity index (χ3n) is 3.35. The van der Waals surface area contributed by atoms with Crippen LogP contribution in [-0.2, 0) is 0 Å². The molecule has 1 N–H and O–H groups in total. The van der Waals surface area contributed by atoms with E-state index in [0.29, 0.717) is 4.75 Å². The molecule has 2 aromatic rings. The Morgan fingerprint density at radius 3 is 3.00 bits per heavy atom. The predicted octanol–water partition coefficient (Wildman–Crippen LogP) is 3.44. The molecule has 1 aromatic carbocycles. The number of nitrogens with zero attached hydrogens (tertiary/aromatic N) is 1. The maximum absolute atomic E-state index is 5.46. The van der Waals surface area contributed by atoms with E-state index in [-0.39, 0.29) is 0 Å². The van der Waals surface area contributed by atoms with Gasteiger partial charge < -0.3 is 9.73 Å². The molecule has 0 radical (unpaired) electrons. The number of thioether (sulfide) groups is 1. The number of anilines is 1. The first kappa shape index (κ1) is 11.0. The molecule has 0 bridgehead atoms. The van der Waals surface area contributed by atoms with Gasteiger partial charge in [0.1, 0.15) is 5.52 Å². The molecule has 90 valence electrons. The van der Waals surface area contributed by atoms with Crippen molar-refractivity contribution in [3.05, 3.63) is 24.1 Å². The summed E-state index contributed by atoms with van der Waals surface area (Å²) < 4.78 is 5.94. The molecule has 1 fully saturated rings. The molecule has 1 aliphatic rings. The van der Waals surface area contributed by atoms with Gasteiger partial charge >= 0.3 is 0 Å². The van der Waals surface area contributed by atoms with Crippen LogP contribution in [0.5, 0.6) is 0 Å². The van der Waals surface area contributed by atoms with E-state index >= 15 is 0 Å². The van der Waals surface area contributed by atoms with Crippen molar-refractivity contribution in [3.8, 4) is 0 Å². The minimum absolute atomic E-state index is 0.481. The average molecular weight is 248 g/mol. The lowest BCUT2D eigenvalue weighted by molar-refractivity contribution is 0.561. The molecule has 0 aliphatic heterocycles. The van der Waals surface area contributed by atoms with E-state index in [1.165, 1.54) is 12.8 Å². The number of rotatable bonds is 4. The van der Waals surface area contributed by atoms with Crippen molar-refractivity contribution in [1.82, 2.24) is 4.98 Å². The van der Waals surface area contributed by atoms with Crippen LogP contribution in [0.3, 0.4) is 0 Å². The van der Waals surface area contributed by atoms with E-state index in [1.54, 1.807) is 0 Å². The molecule has 0 amide bonds. The first-order valence-electron chi connectivity index (χ1n) is 5.87. The number of benzene rings is 1. The van der Waals surface area contributed by atoms with Crippen molar-refractivity contribution >= 4 is 28.5 Å². The largest absolute Gasteiger partial charge is 0.441 e. The van der Waals surface area contributed by atoms with Gasteiger partial charge in [0, 0.05) is 23.9 Å². The van der Waals surface area contributed by atoms with Gasteiger partial charge in [-0.3, -0.25) is 0 Å². The summed E-state index contributed by atoms with van der Waals surface area (Å²) in [6.45, 7) is 2.91. The first-order valence-corrected chi connectivity index (χ1v) is 7.09. The van der Waals surface area contributed by atoms with Crippen LogP contribution < -0.4 is 5.32 Å². The average Bonchev–Trinajstić information content (AvgIpc) is 3.01. The highest BCUT2D eigenvalue weighted by molar-refractivity contribution is 8.00. The third-order valence-corrected chi connectivity index (χ3v) is 4.77. The number of aryl methyl sites for hydroxylation is 1. The quantitative estimate of drug-likeness (QED) is 0.899. The van der Waals surface area contributed by atoms with Gasteiger partial charge in [0.15, 0.2) is 11.5 Å². The highest BCUT2D eigenvalue weighted by atomic mass is 32.2. The highest BCUT2D eigenvalue weighted by Crippen LogP contribution is 2.47. The van der Waals surface area contributed by atoms with Crippen molar-refractivity contribution in [2.45, 2.75) is 24.5 Å². The summed E-state index contributed by atoms with van der Waals surface area (Å²) in [6.07, 6.45) is 4.85. The minimum Gasteiger partial charge on any atom is -0.441 e. The summed E-state index contributed by atoms with van der Waals surface area (Å²) in [5.41, 5.74) is 2.92. The van der Waals surface area contributed by atoms with Crippen molar-refractivity contribution in [2.75, 3.05) is 18.1 Å². The van der Waals surface area contributed by atoms with Gasteiger partial charge in [-0.2, -0.15) is 11.8 Å². The Kier molecular flexibility index (Phi) is 2.54. The van der Waals surface area contributed by atoms with Crippen molar-refractivity contribution in [2.24, 2.45) is 0 Å². The smallest absolute Gasteiger partial charge is 0.192 e. The molecule has 3 rings (SSSR count). The van der Waals surface area contributed by atoms with Crippen LogP contribution in [0.2, 0.25) is 0 Å². The van der Waals surface area contributed by atoms with Crippen molar-refractivity contribution in [3.63, 3.8) is 0 Å². The van der Waals surface area contributed by atoms with Gasteiger partial charge in [0.2, 0.25) is 0 Å². The molecule has 1 heterocycles. The number of oxazole rings is 1. The molecular formula is C13H16N2OS. The van der Waals surface area contributed by atoms with E-state index < -0.39 is 0 Å². The molecule has 1 saturated carbocycles. The summed E-state index contributed by atoms with van der Waals surface area (Å²) >= 11 is 1.97. The van der Waals surface area contributed by atoms with Crippen LogP contribution in [0.15, 0.2) is 22.6 Å². The Morgan fingerprint density at radius 1 is 1.47 bits per heavy atom. The van der Waals surface area contributed by atoms with Crippen LogP contribution in [0, 0.1) is 6.92 Å². The lowest BCUT2D eigenvalue weighted by atomic mass is 10.2. The topological polar surface area (TPSA) is 38.1 Å². The van der Waals surface area contributed by atoms with E-state index in [2.05, 4.69) is 28.7 Å². The molecule has 0 unspecified atom stereocenters. The molecule has 17 heavy (non-hydrogen) atoms. The van der Waals surface area contributed by atoms with E-state index in [1.807, 2.05) is 24.8 Å². The van der Waals surface area contributed by atoms with Gasteiger partial charge in [0.25, 0.3) is 0 Å². The second-order valence-corrected chi connectivity index (χ2v) is 5.93.